The van der Waals surface area contributed by atoms with Crippen LogP contribution in [-0.4, -0.2) is 12.0 Å². The first-order valence-corrected chi connectivity index (χ1v) is 4.98. The zero-order valence-corrected chi connectivity index (χ0v) is 8.96. The van der Waals surface area contributed by atoms with Crippen LogP contribution in [0.4, 0.5) is 0 Å². The van der Waals surface area contributed by atoms with E-state index in [1.807, 2.05) is 31.6 Å². The maximum atomic E-state index is 4.16. The molecule has 0 radical (unpaired) electrons. The highest BCUT2D eigenvalue weighted by molar-refractivity contribution is 5.24. The Bertz CT molecular complexity index is 294. The predicted molar refractivity (Wildman–Crippen MR) is 60.2 cm³/mol. The molecule has 1 heterocycles. The van der Waals surface area contributed by atoms with Crippen molar-refractivity contribution in [2.75, 3.05) is 7.05 Å². The Morgan fingerprint density at radius 1 is 1.64 bits per heavy atom. The van der Waals surface area contributed by atoms with Gasteiger partial charge in [0.15, 0.2) is 0 Å². The minimum atomic E-state index is 0.390. The van der Waals surface area contributed by atoms with Gasteiger partial charge in [0.25, 0.3) is 0 Å². The molecule has 1 N–H and O–H groups in total. The van der Waals surface area contributed by atoms with E-state index in [4.69, 9.17) is 0 Å². The number of hydrogen-bond donors (Lipinski definition) is 1. The average molecular weight is 190 g/mol. The smallest absolute Gasteiger partial charge is 0.0338 e. The third-order valence-electron chi connectivity index (χ3n) is 2.46. The average Bonchev–Trinajstić information content (AvgIpc) is 2.21. The van der Waals surface area contributed by atoms with Gasteiger partial charge in [-0.1, -0.05) is 6.08 Å². The second-order valence-electron chi connectivity index (χ2n) is 3.44. The molecule has 0 aliphatic rings. The summed E-state index contributed by atoms with van der Waals surface area (Å²) in [5.74, 6) is 0. The van der Waals surface area contributed by atoms with Crippen LogP contribution in [0.2, 0.25) is 0 Å². The molecule has 14 heavy (non-hydrogen) atoms. The van der Waals surface area contributed by atoms with Gasteiger partial charge in [0.2, 0.25) is 0 Å². The van der Waals surface area contributed by atoms with Gasteiger partial charge < -0.3 is 5.32 Å². The number of nitrogens with zero attached hydrogens (tertiary/aromatic N) is 1. The molecular formula is C12H18N2. The molecule has 76 valence electrons. The molecule has 0 spiro atoms. The fraction of sp³-hybridized carbons (Fsp3) is 0.417. The van der Waals surface area contributed by atoms with Gasteiger partial charge in [-0.25, -0.2) is 0 Å². The van der Waals surface area contributed by atoms with Crippen molar-refractivity contribution in [3.8, 4) is 0 Å². The topological polar surface area (TPSA) is 24.9 Å². The van der Waals surface area contributed by atoms with E-state index in [-0.39, 0.29) is 0 Å². The molecule has 1 atom stereocenters. The fourth-order valence-corrected chi connectivity index (χ4v) is 1.58. The van der Waals surface area contributed by atoms with Crippen molar-refractivity contribution in [1.29, 1.82) is 0 Å². The number of pyridine rings is 1. The highest BCUT2D eigenvalue weighted by atomic mass is 14.9. The highest BCUT2D eigenvalue weighted by Gasteiger charge is 2.10. The Kier molecular flexibility index (Phi) is 4.33. The van der Waals surface area contributed by atoms with E-state index in [1.54, 1.807) is 0 Å². The fourth-order valence-electron chi connectivity index (χ4n) is 1.58. The molecule has 0 aliphatic carbocycles. The Balaban J connectivity index is 2.78. The Morgan fingerprint density at radius 3 is 3.00 bits per heavy atom. The van der Waals surface area contributed by atoms with Crippen LogP contribution in [0, 0.1) is 6.92 Å². The lowest BCUT2D eigenvalue weighted by molar-refractivity contribution is 0.550. The van der Waals surface area contributed by atoms with E-state index in [2.05, 4.69) is 23.8 Å². The van der Waals surface area contributed by atoms with Crippen molar-refractivity contribution in [2.45, 2.75) is 25.8 Å². The second kappa shape index (κ2) is 5.55. The van der Waals surface area contributed by atoms with Crippen LogP contribution in [-0.2, 0) is 0 Å². The van der Waals surface area contributed by atoms with Gasteiger partial charge in [-0.15, -0.1) is 6.58 Å². The third-order valence-corrected chi connectivity index (χ3v) is 2.46. The Morgan fingerprint density at radius 2 is 2.43 bits per heavy atom. The maximum absolute atomic E-state index is 4.16. The van der Waals surface area contributed by atoms with Gasteiger partial charge in [-0.05, 0) is 44.0 Å². The van der Waals surface area contributed by atoms with Crippen LogP contribution in [0.5, 0.6) is 0 Å². The van der Waals surface area contributed by atoms with Crippen molar-refractivity contribution in [2.24, 2.45) is 0 Å². The normalized spacial score (nSPS) is 12.4. The van der Waals surface area contributed by atoms with E-state index in [0.717, 1.165) is 12.8 Å². The standard InChI is InChI=1S/C12H18N2/c1-4-5-6-12(13-3)11-9-14-8-7-10(11)2/h4,7-9,12-13H,1,5-6H2,2-3H3. The summed E-state index contributed by atoms with van der Waals surface area (Å²) in [6, 6.07) is 2.44. The van der Waals surface area contributed by atoms with Crippen LogP contribution in [0.25, 0.3) is 0 Å². The van der Waals surface area contributed by atoms with Crippen LogP contribution >= 0.6 is 0 Å². The zero-order valence-electron chi connectivity index (χ0n) is 8.96. The molecule has 0 saturated heterocycles. The number of aryl methyl sites for hydroxylation is 1. The number of rotatable bonds is 5. The minimum Gasteiger partial charge on any atom is -0.313 e. The van der Waals surface area contributed by atoms with Gasteiger partial charge in [0.05, 0.1) is 0 Å². The molecule has 2 heteroatoms. The lowest BCUT2D eigenvalue weighted by Gasteiger charge is -2.17. The van der Waals surface area contributed by atoms with Crippen molar-refractivity contribution in [1.82, 2.24) is 10.3 Å². The summed E-state index contributed by atoms with van der Waals surface area (Å²) >= 11 is 0. The molecule has 1 aromatic heterocycles. The molecule has 0 bridgehead atoms. The van der Waals surface area contributed by atoms with Crippen LogP contribution in [0.3, 0.4) is 0 Å². The molecule has 0 amide bonds. The van der Waals surface area contributed by atoms with Gasteiger partial charge >= 0.3 is 0 Å². The van der Waals surface area contributed by atoms with Gasteiger partial charge in [0.1, 0.15) is 0 Å². The van der Waals surface area contributed by atoms with E-state index >= 15 is 0 Å². The summed E-state index contributed by atoms with van der Waals surface area (Å²) in [5, 5.41) is 3.31. The minimum absolute atomic E-state index is 0.390. The van der Waals surface area contributed by atoms with Crippen LogP contribution < -0.4 is 5.32 Å². The van der Waals surface area contributed by atoms with Crippen molar-refractivity contribution >= 4 is 0 Å². The predicted octanol–water partition coefficient (Wildman–Crippen LogP) is 2.62. The van der Waals surface area contributed by atoms with Gasteiger partial charge in [-0.3, -0.25) is 4.98 Å². The van der Waals surface area contributed by atoms with E-state index < -0.39 is 0 Å². The lowest BCUT2D eigenvalue weighted by atomic mass is 10.00. The number of aromatic nitrogens is 1. The zero-order chi connectivity index (χ0) is 10.4. The van der Waals surface area contributed by atoms with Crippen LogP contribution in [0.15, 0.2) is 31.1 Å². The molecule has 1 unspecified atom stereocenters. The molecular weight excluding hydrogens is 172 g/mol. The van der Waals surface area contributed by atoms with Crippen molar-refractivity contribution in [3.05, 3.63) is 42.2 Å². The summed E-state index contributed by atoms with van der Waals surface area (Å²) in [7, 11) is 1.99. The van der Waals surface area contributed by atoms with E-state index in [1.165, 1.54) is 11.1 Å². The Hall–Kier alpha value is -1.15. The summed E-state index contributed by atoms with van der Waals surface area (Å²) in [5.41, 5.74) is 2.58. The van der Waals surface area contributed by atoms with E-state index in [9.17, 15) is 0 Å². The molecule has 1 rings (SSSR count). The van der Waals surface area contributed by atoms with Gasteiger partial charge in [0, 0.05) is 18.4 Å². The first-order chi connectivity index (χ1) is 6.79. The number of hydrogen-bond acceptors (Lipinski definition) is 2. The highest BCUT2D eigenvalue weighted by Crippen LogP contribution is 2.20. The summed E-state index contributed by atoms with van der Waals surface area (Å²) < 4.78 is 0. The number of allylic oxidation sites excluding steroid dienone is 1. The van der Waals surface area contributed by atoms with Crippen LogP contribution in [0.1, 0.15) is 30.0 Å². The molecule has 2 nitrogen and oxygen atoms in total. The SMILES string of the molecule is C=CCCC(NC)c1cnccc1C. The Labute approximate surface area is 86.1 Å². The quantitative estimate of drug-likeness (QED) is 0.722. The molecule has 1 aromatic rings. The summed E-state index contributed by atoms with van der Waals surface area (Å²) in [6.45, 7) is 5.86. The largest absolute Gasteiger partial charge is 0.313 e. The summed E-state index contributed by atoms with van der Waals surface area (Å²) in [4.78, 5) is 4.16. The van der Waals surface area contributed by atoms with Gasteiger partial charge in [-0.2, -0.15) is 0 Å². The summed E-state index contributed by atoms with van der Waals surface area (Å²) in [6.07, 6.45) is 7.83. The maximum Gasteiger partial charge on any atom is 0.0338 e. The molecule has 0 aromatic carbocycles. The second-order valence-corrected chi connectivity index (χ2v) is 3.44. The van der Waals surface area contributed by atoms with E-state index in [0.29, 0.717) is 6.04 Å². The van der Waals surface area contributed by atoms with Crippen molar-refractivity contribution in [3.63, 3.8) is 0 Å². The first kappa shape index (κ1) is 10.9. The molecule has 0 saturated carbocycles. The third kappa shape index (κ3) is 2.67. The number of nitrogens with one attached hydrogen (secondary N) is 1. The van der Waals surface area contributed by atoms with Crippen molar-refractivity contribution < 1.29 is 0 Å². The lowest BCUT2D eigenvalue weighted by Crippen LogP contribution is -2.17. The molecule has 0 aliphatic heterocycles. The first-order valence-electron chi connectivity index (χ1n) is 4.98. The molecule has 0 fully saturated rings. The monoisotopic (exact) mass is 190 g/mol.